The van der Waals surface area contributed by atoms with E-state index in [-0.39, 0.29) is 0 Å². The lowest BCUT2D eigenvalue weighted by Crippen LogP contribution is -1.84. The number of pyridine rings is 2. The third-order valence-electron chi connectivity index (χ3n) is 4.39. The smallest absolute Gasteiger partial charge is 0.109 e. The lowest BCUT2D eigenvalue weighted by molar-refractivity contribution is 0.768. The molecule has 5 aromatic heterocycles. The maximum Gasteiger partial charge on any atom is 0.109 e. The molecule has 0 unspecified atom stereocenters. The summed E-state index contributed by atoms with van der Waals surface area (Å²) in [5.74, 6) is 0. The van der Waals surface area contributed by atoms with Gasteiger partial charge in [-0.2, -0.15) is 10.2 Å². The molecule has 2 N–H and O–H groups in total. The van der Waals surface area contributed by atoms with Crippen LogP contribution in [-0.4, -0.2) is 34.9 Å². The summed E-state index contributed by atoms with van der Waals surface area (Å²) in [5.41, 5.74) is 6.75. The highest BCUT2D eigenvalue weighted by molar-refractivity contribution is 5.97. The number of hydrogen-bond acceptors (Lipinski definition) is 4. The van der Waals surface area contributed by atoms with Crippen molar-refractivity contribution in [1.29, 1.82) is 0 Å². The fraction of sp³-hybridized carbons (Fsp3) is 0.0526. The molecule has 0 aromatic carbocycles. The molecule has 0 spiro atoms. The number of aromatic amines is 2. The molecular weight excluding hydrogens is 326 g/mol. The topological polar surface area (TPSA) is 88.1 Å². The maximum atomic E-state index is 4.44. The number of nitrogens with one attached hydrogen (secondary N) is 2. The first-order valence-corrected chi connectivity index (χ1v) is 8.20. The normalized spacial score (nSPS) is 11.3. The zero-order chi connectivity index (χ0) is 17.5. The summed E-state index contributed by atoms with van der Waals surface area (Å²) in [6.45, 7) is 0. The van der Waals surface area contributed by atoms with E-state index in [2.05, 4.69) is 36.3 Å². The molecule has 0 aliphatic carbocycles. The Morgan fingerprint density at radius 3 is 2.73 bits per heavy atom. The SMILES string of the molecule is Cn1cc(-c2cc(-c3cc4c(-c5cccnc5)cncc4[nH]3)n[nH]2)cn1. The average molecular weight is 341 g/mol. The Kier molecular flexibility index (Phi) is 3.18. The van der Waals surface area contributed by atoms with E-state index in [1.54, 1.807) is 10.9 Å². The number of hydrogen-bond donors (Lipinski definition) is 2. The predicted molar refractivity (Wildman–Crippen MR) is 99.1 cm³/mol. The Balaban J connectivity index is 1.60. The monoisotopic (exact) mass is 341 g/mol. The van der Waals surface area contributed by atoms with Crippen molar-refractivity contribution >= 4 is 10.9 Å². The molecule has 7 nitrogen and oxygen atoms in total. The Labute approximate surface area is 148 Å². The fourth-order valence-electron chi connectivity index (χ4n) is 3.11. The minimum Gasteiger partial charge on any atom is -0.352 e. The van der Waals surface area contributed by atoms with Crippen LogP contribution in [-0.2, 0) is 7.05 Å². The molecule has 0 saturated heterocycles. The summed E-state index contributed by atoms with van der Waals surface area (Å²) in [6.07, 6.45) is 11.1. The van der Waals surface area contributed by atoms with Crippen molar-refractivity contribution in [2.24, 2.45) is 7.05 Å². The first-order chi connectivity index (χ1) is 12.8. The number of aryl methyl sites for hydroxylation is 1. The first-order valence-electron chi connectivity index (χ1n) is 8.20. The molecule has 126 valence electrons. The van der Waals surface area contributed by atoms with E-state index in [1.807, 2.05) is 56.2 Å². The maximum absolute atomic E-state index is 4.44. The molecular formula is C19H15N7. The Hall–Kier alpha value is -3.74. The summed E-state index contributed by atoms with van der Waals surface area (Å²) < 4.78 is 1.77. The van der Waals surface area contributed by atoms with Crippen LogP contribution in [0, 0.1) is 0 Å². The van der Waals surface area contributed by atoms with Crippen molar-refractivity contribution in [3.05, 3.63) is 61.4 Å². The van der Waals surface area contributed by atoms with E-state index in [9.17, 15) is 0 Å². The summed E-state index contributed by atoms with van der Waals surface area (Å²) in [6, 6.07) is 8.07. The minimum atomic E-state index is 0.845. The largest absolute Gasteiger partial charge is 0.352 e. The lowest BCUT2D eigenvalue weighted by atomic mass is 10.1. The molecule has 5 aromatic rings. The Bertz CT molecular complexity index is 1200. The van der Waals surface area contributed by atoms with Gasteiger partial charge in [0.05, 0.1) is 29.3 Å². The second kappa shape index (κ2) is 5.66. The van der Waals surface area contributed by atoms with Crippen LogP contribution in [0.3, 0.4) is 0 Å². The molecule has 5 heterocycles. The summed E-state index contributed by atoms with van der Waals surface area (Å²) >= 11 is 0. The van der Waals surface area contributed by atoms with Gasteiger partial charge in [0, 0.05) is 53.9 Å². The van der Waals surface area contributed by atoms with E-state index in [1.165, 1.54) is 0 Å². The Morgan fingerprint density at radius 2 is 1.92 bits per heavy atom. The van der Waals surface area contributed by atoms with Crippen LogP contribution in [0.15, 0.2) is 61.4 Å². The molecule has 0 atom stereocenters. The van der Waals surface area contributed by atoms with Crippen LogP contribution in [0.4, 0.5) is 0 Å². The van der Waals surface area contributed by atoms with Crippen molar-refractivity contribution in [1.82, 2.24) is 34.9 Å². The standard InChI is InChI=1S/C19H15N7/c1-26-11-13(8-22-26)16-6-18(25-24-16)17-5-14-15(9-21-10-19(14)23-17)12-3-2-4-20-7-12/h2-11,23H,1H3,(H,24,25). The molecule has 0 aliphatic rings. The fourth-order valence-corrected chi connectivity index (χ4v) is 3.11. The molecule has 26 heavy (non-hydrogen) atoms. The van der Waals surface area contributed by atoms with E-state index in [4.69, 9.17) is 0 Å². The van der Waals surface area contributed by atoms with Gasteiger partial charge in [0.15, 0.2) is 0 Å². The van der Waals surface area contributed by atoms with Gasteiger partial charge in [0.25, 0.3) is 0 Å². The van der Waals surface area contributed by atoms with E-state index in [0.29, 0.717) is 0 Å². The molecule has 0 aliphatic heterocycles. The van der Waals surface area contributed by atoms with Crippen LogP contribution in [0.2, 0.25) is 0 Å². The lowest BCUT2D eigenvalue weighted by Gasteiger charge is -2.01. The van der Waals surface area contributed by atoms with Crippen LogP contribution < -0.4 is 0 Å². The van der Waals surface area contributed by atoms with E-state index >= 15 is 0 Å². The van der Waals surface area contributed by atoms with Crippen LogP contribution in [0.5, 0.6) is 0 Å². The van der Waals surface area contributed by atoms with Crippen molar-refractivity contribution in [3.63, 3.8) is 0 Å². The second-order valence-electron chi connectivity index (χ2n) is 6.14. The third kappa shape index (κ3) is 2.37. The molecule has 0 saturated carbocycles. The van der Waals surface area contributed by atoms with Crippen molar-refractivity contribution in [2.75, 3.05) is 0 Å². The van der Waals surface area contributed by atoms with Gasteiger partial charge in [0.1, 0.15) is 5.69 Å². The molecule has 5 rings (SSSR count). The highest BCUT2D eigenvalue weighted by Gasteiger charge is 2.12. The van der Waals surface area contributed by atoms with Crippen molar-refractivity contribution in [3.8, 4) is 33.8 Å². The third-order valence-corrected chi connectivity index (χ3v) is 4.39. The zero-order valence-corrected chi connectivity index (χ0v) is 14.0. The average Bonchev–Trinajstić information content (AvgIpc) is 3.40. The van der Waals surface area contributed by atoms with Crippen molar-refractivity contribution in [2.45, 2.75) is 0 Å². The molecule has 0 radical (unpaired) electrons. The predicted octanol–water partition coefficient (Wildman–Crippen LogP) is 3.42. The van der Waals surface area contributed by atoms with Crippen molar-refractivity contribution < 1.29 is 0 Å². The minimum absolute atomic E-state index is 0.845. The molecule has 0 bridgehead atoms. The van der Waals surface area contributed by atoms with Gasteiger partial charge < -0.3 is 4.98 Å². The number of H-pyrrole nitrogens is 2. The summed E-state index contributed by atoms with van der Waals surface area (Å²) in [5, 5.41) is 12.8. The Morgan fingerprint density at radius 1 is 0.962 bits per heavy atom. The number of rotatable bonds is 3. The summed E-state index contributed by atoms with van der Waals surface area (Å²) in [7, 11) is 1.89. The highest BCUT2D eigenvalue weighted by Crippen LogP contribution is 2.31. The van der Waals surface area contributed by atoms with Gasteiger partial charge in [0.2, 0.25) is 0 Å². The van der Waals surface area contributed by atoms with Crippen LogP contribution in [0.1, 0.15) is 0 Å². The molecule has 0 fully saturated rings. The second-order valence-corrected chi connectivity index (χ2v) is 6.14. The van der Waals surface area contributed by atoms with Gasteiger partial charge >= 0.3 is 0 Å². The number of fused-ring (bicyclic) bond motifs is 1. The van der Waals surface area contributed by atoms with Gasteiger partial charge in [-0.25, -0.2) is 0 Å². The number of aromatic nitrogens is 7. The quantitative estimate of drug-likeness (QED) is 0.526. The van der Waals surface area contributed by atoms with Gasteiger partial charge in [-0.05, 0) is 18.2 Å². The number of nitrogens with zero attached hydrogens (tertiary/aromatic N) is 5. The van der Waals surface area contributed by atoms with Crippen LogP contribution in [0.25, 0.3) is 44.7 Å². The van der Waals surface area contributed by atoms with Gasteiger partial charge in [-0.3, -0.25) is 19.7 Å². The van der Waals surface area contributed by atoms with E-state index in [0.717, 1.165) is 44.7 Å². The zero-order valence-electron chi connectivity index (χ0n) is 14.0. The molecule has 7 heteroatoms. The molecule has 0 amide bonds. The van der Waals surface area contributed by atoms with E-state index < -0.39 is 0 Å². The van der Waals surface area contributed by atoms with Gasteiger partial charge in [-0.1, -0.05) is 6.07 Å². The van der Waals surface area contributed by atoms with Gasteiger partial charge in [-0.15, -0.1) is 0 Å². The van der Waals surface area contributed by atoms with Crippen LogP contribution >= 0.6 is 0 Å². The summed E-state index contributed by atoms with van der Waals surface area (Å²) in [4.78, 5) is 12.0. The highest BCUT2D eigenvalue weighted by atomic mass is 15.2. The first kappa shape index (κ1) is 14.6.